The van der Waals surface area contributed by atoms with E-state index in [0.717, 1.165) is 37.5 Å². The molecule has 0 saturated carbocycles. The highest BCUT2D eigenvalue weighted by atomic mass is 32.2. The minimum Gasteiger partial charge on any atom is -0.368 e. The van der Waals surface area contributed by atoms with Gasteiger partial charge < -0.3 is 11.1 Å². The minimum atomic E-state index is -0.533. The molecule has 18 heavy (non-hydrogen) atoms. The molecule has 0 radical (unpaired) electrons. The van der Waals surface area contributed by atoms with Crippen LogP contribution in [0.15, 0.2) is 0 Å². The van der Waals surface area contributed by atoms with Crippen LogP contribution in [0.4, 0.5) is 0 Å². The second kappa shape index (κ2) is 9.68. The van der Waals surface area contributed by atoms with E-state index >= 15 is 0 Å². The van der Waals surface area contributed by atoms with Gasteiger partial charge in [0, 0.05) is 0 Å². The molecule has 1 unspecified atom stereocenters. The molecule has 108 valence electrons. The van der Waals surface area contributed by atoms with Crippen LogP contribution in [-0.4, -0.2) is 29.5 Å². The number of nitrogens with two attached hydrogens (primary N) is 1. The predicted octanol–water partition coefficient (Wildman–Crippen LogP) is 2.79. The molecule has 0 aliphatic heterocycles. The molecule has 0 aliphatic carbocycles. The molecule has 0 bridgehead atoms. The van der Waals surface area contributed by atoms with Gasteiger partial charge in [0.1, 0.15) is 0 Å². The van der Waals surface area contributed by atoms with E-state index in [0.29, 0.717) is 0 Å². The first kappa shape index (κ1) is 17.8. The Hall–Kier alpha value is -0.220. The highest BCUT2D eigenvalue weighted by Crippen LogP contribution is 2.16. The monoisotopic (exact) mass is 274 g/mol. The maximum Gasteiger partial charge on any atom is 0.237 e. The molecule has 0 aromatic heterocycles. The summed E-state index contributed by atoms with van der Waals surface area (Å²) in [6.45, 7) is 9.36. The van der Waals surface area contributed by atoms with Crippen LogP contribution in [0.2, 0.25) is 0 Å². The molecule has 0 rings (SSSR count). The van der Waals surface area contributed by atoms with Gasteiger partial charge in [0.2, 0.25) is 5.91 Å². The lowest BCUT2D eigenvalue weighted by atomic mass is 9.95. The zero-order valence-corrected chi connectivity index (χ0v) is 13.2. The summed E-state index contributed by atoms with van der Waals surface area (Å²) >= 11 is 1.98. The van der Waals surface area contributed by atoms with Crippen LogP contribution in [0.5, 0.6) is 0 Å². The van der Waals surface area contributed by atoms with Crippen molar-refractivity contribution in [1.82, 2.24) is 5.32 Å². The Kier molecular flexibility index (Phi) is 9.56. The Balaban J connectivity index is 3.80. The summed E-state index contributed by atoms with van der Waals surface area (Å²) in [6.07, 6.45) is 4.16. The van der Waals surface area contributed by atoms with Gasteiger partial charge in [-0.3, -0.25) is 4.79 Å². The normalized spacial score (nSPS) is 14.7. The highest BCUT2D eigenvalue weighted by Gasteiger charge is 2.29. The number of nitrogens with one attached hydrogen (secondary N) is 1. The Morgan fingerprint density at radius 3 is 2.56 bits per heavy atom. The van der Waals surface area contributed by atoms with Crippen molar-refractivity contribution in [1.29, 1.82) is 0 Å². The fourth-order valence-electron chi connectivity index (χ4n) is 1.65. The van der Waals surface area contributed by atoms with Crippen LogP contribution < -0.4 is 11.1 Å². The highest BCUT2D eigenvalue weighted by molar-refractivity contribution is 7.99. The van der Waals surface area contributed by atoms with Gasteiger partial charge in [-0.15, -0.1) is 0 Å². The average molecular weight is 274 g/mol. The van der Waals surface area contributed by atoms with E-state index in [-0.39, 0.29) is 5.91 Å². The lowest BCUT2D eigenvalue weighted by Gasteiger charge is -2.27. The molecule has 3 nitrogen and oxygen atoms in total. The molecular weight excluding hydrogens is 244 g/mol. The summed E-state index contributed by atoms with van der Waals surface area (Å²) in [7, 11) is 0. The van der Waals surface area contributed by atoms with Crippen molar-refractivity contribution in [2.45, 2.75) is 58.9 Å². The van der Waals surface area contributed by atoms with Crippen molar-refractivity contribution < 1.29 is 4.79 Å². The van der Waals surface area contributed by atoms with Crippen LogP contribution in [-0.2, 0) is 4.79 Å². The fraction of sp³-hybridized carbons (Fsp3) is 0.929. The summed E-state index contributed by atoms with van der Waals surface area (Å²) in [6, 6.07) is 0. The van der Waals surface area contributed by atoms with Crippen molar-refractivity contribution in [3.05, 3.63) is 0 Å². The van der Waals surface area contributed by atoms with E-state index in [1.807, 2.05) is 18.7 Å². The van der Waals surface area contributed by atoms with Crippen molar-refractivity contribution in [3.8, 4) is 0 Å². The average Bonchev–Trinajstić information content (AvgIpc) is 2.30. The molecule has 0 aromatic carbocycles. The largest absolute Gasteiger partial charge is 0.368 e. The van der Waals surface area contributed by atoms with Gasteiger partial charge in [-0.2, -0.15) is 11.8 Å². The van der Waals surface area contributed by atoms with Gasteiger partial charge in [-0.25, -0.2) is 0 Å². The lowest BCUT2D eigenvalue weighted by molar-refractivity contribution is -0.124. The zero-order chi connectivity index (χ0) is 14.0. The number of thioether (sulfide) groups is 1. The van der Waals surface area contributed by atoms with Gasteiger partial charge in [0.05, 0.1) is 5.54 Å². The summed E-state index contributed by atoms with van der Waals surface area (Å²) in [5.74, 6) is 2.87. The summed E-state index contributed by atoms with van der Waals surface area (Å²) in [4.78, 5) is 11.5. The van der Waals surface area contributed by atoms with Crippen molar-refractivity contribution in [2.75, 3.05) is 18.1 Å². The first-order valence-corrected chi connectivity index (χ1v) is 8.20. The molecule has 0 saturated heterocycles. The third kappa shape index (κ3) is 7.98. The van der Waals surface area contributed by atoms with E-state index in [1.54, 1.807) is 0 Å². The first-order valence-electron chi connectivity index (χ1n) is 7.05. The Labute approximate surface area is 117 Å². The number of carbonyl (C=O) groups is 1. The van der Waals surface area contributed by atoms with E-state index in [2.05, 4.69) is 26.1 Å². The number of rotatable bonds is 11. The zero-order valence-electron chi connectivity index (χ0n) is 12.4. The fourth-order valence-corrected chi connectivity index (χ4v) is 2.84. The van der Waals surface area contributed by atoms with Crippen molar-refractivity contribution in [2.24, 2.45) is 11.7 Å². The summed E-state index contributed by atoms with van der Waals surface area (Å²) in [5.41, 5.74) is 4.95. The third-order valence-corrected chi connectivity index (χ3v) is 4.22. The van der Waals surface area contributed by atoms with Gasteiger partial charge in [-0.1, -0.05) is 20.8 Å². The number of hydrogen-bond acceptors (Lipinski definition) is 3. The standard InChI is InChI=1S/C14H30N2OS/c1-5-9-16-14(4,13(15)17)8-6-10-18-11-7-12(2)3/h12,16H,5-11H2,1-4H3,(H2,15,17). The maximum atomic E-state index is 11.5. The van der Waals surface area contributed by atoms with Crippen LogP contribution in [0, 0.1) is 5.92 Å². The van der Waals surface area contributed by atoms with Crippen LogP contribution in [0.3, 0.4) is 0 Å². The van der Waals surface area contributed by atoms with Crippen LogP contribution in [0.25, 0.3) is 0 Å². The summed E-state index contributed by atoms with van der Waals surface area (Å²) in [5, 5.41) is 3.27. The predicted molar refractivity (Wildman–Crippen MR) is 81.9 cm³/mol. The van der Waals surface area contributed by atoms with Gasteiger partial charge in [-0.05, 0) is 56.6 Å². The smallest absolute Gasteiger partial charge is 0.237 e. The molecule has 0 aliphatic rings. The second-order valence-electron chi connectivity index (χ2n) is 5.52. The number of amides is 1. The lowest BCUT2D eigenvalue weighted by Crippen LogP contribution is -2.53. The van der Waals surface area contributed by atoms with E-state index in [9.17, 15) is 4.79 Å². The van der Waals surface area contributed by atoms with Gasteiger partial charge >= 0.3 is 0 Å². The SMILES string of the molecule is CCCNC(C)(CCCSCCC(C)C)C(N)=O. The van der Waals surface area contributed by atoms with Crippen molar-refractivity contribution in [3.63, 3.8) is 0 Å². The molecule has 3 N–H and O–H groups in total. The van der Waals surface area contributed by atoms with E-state index in [4.69, 9.17) is 5.73 Å². The van der Waals surface area contributed by atoms with Gasteiger partial charge in [0.15, 0.2) is 0 Å². The summed E-state index contributed by atoms with van der Waals surface area (Å²) < 4.78 is 0. The Morgan fingerprint density at radius 2 is 2.06 bits per heavy atom. The number of carbonyl (C=O) groups excluding carboxylic acids is 1. The van der Waals surface area contributed by atoms with Crippen molar-refractivity contribution >= 4 is 17.7 Å². The van der Waals surface area contributed by atoms with Crippen LogP contribution >= 0.6 is 11.8 Å². The minimum absolute atomic E-state index is 0.233. The molecular formula is C14H30N2OS. The molecule has 0 fully saturated rings. The molecule has 1 amide bonds. The Bertz CT molecular complexity index is 234. The number of primary amides is 1. The molecule has 0 spiro atoms. The van der Waals surface area contributed by atoms with E-state index in [1.165, 1.54) is 12.2 Å². The first-order chi connectivity index (χ1) is 8.42. The molecule has 1 atom stereocenters. The quantitative estimate of drug-likeness (QED) is 0.570. The van der Waals surface area contributed by atoms with Gasteiger partial charge in [0.25, 0.3) is 0 Å². The third-order valence-electron chi connectivity index (χ3n) is 3.11. The molecule has 4 heteroatoms. The molecule has 0 heterocycles. The topological polar surface area (TPSA) is 55.1 Å². The second-order valence-corrected chi connectivity index (χ2v) is 6.75. The van der Waals surface area contributed by atoms with E-state index < -0.39 is 5.54 Å². The Morgan fingerprint density at radius 1 is 1.39 bits per heavy atom. The number of hydrogen-bond donors (Lipinski definition) is 2. The molecule has 0 aromatic rings. The van der Waals surface area contributed by atoms with Crippen LogP contribution in [0.1, 0.15) is 53.4 Å². The maximum absolute atomic E-state index is 11.5.